The second kappa shape index (κ2) is 14.9. The molecule has 0 unspecified atom stereocenters. The molecule has 25 heavy (non-hydrogen) atoms. The highest BCUT2D eigenvalue weighted by molar-refractivity contribution is 5.75. The predicted molar refractivity (Wildman–Crippen MR) is 111 cm³/mol. The monoisotopic (exact) mass is 348 g/mol. The molecule has 144 valence electrons. The zero-order valence-corrected chi connectivity index (χ0v) is 17.5. The Morgan fingerprint density at radius 1 is 0.840 bits per heavy atom. The molecule has 0 bridgehead atoms. The highest BCUT2D eigenvalue weighted by Crippen LogP contribution is 2.12. The molecule has 0 atom stereocenters. The molecule has 0 aliphatic rings. The first-order valence-electron chi connectivity index (χ1n) is 9.67. The standard InChI is InChI=1S/C22H40N2O/c1-19(2)11-7-12-20(3)13-8-14-21(4)15-9-16-22(25)23-17-10-18-24(5)6/h11,13,15H,7-10,12,14,16-18H2,1-6H3,(H,23,25). The van der Waals surface area contributed by atoms with Crippen molar-refractivity contribution in [1.29, 1.82) is 0 Å². The second-order valence-corrected chi connectivity index (χ2v) is 7.51. The van der Waals surface area contributed by atoms with Crippen molar-refractivity contribution in [2.24, 2.45) is 0 Å². The zero-order chi connectivity index (χ0) is 19.1. The van der Waals surface area contributed by atoms with Gasteiger partial charge >= 0.3 is 0 Å². The third-order valence-corrected chi connectivity index (χ3v) is 4.09. The first-order valence-corrected chi connectivity index (χ1v) is 9.67. The van der Waals surface area contributed by atoms with E-state index in [1.807, 2.05) is 0 Å². The molecule has 0 rings (SSSR count). The minimum absolute atomic E-state index is 0.165. The van der Waals surface area contributed by atoms with E-state index < -0.39 is 0 Å². The van der Waals surface area contributed by atoms with Crippen LogP contribution >= 0.6 is 0 Å². The summed E-state index contributed by atoms with van der Waals surface area (Å²) in [6.45, 7) is 10.5. The fraction of sp³-hybridized carbons (Fsp3) is 0.682. The van der Waals surface area contributed by atoms with Crippen molar-refractivity contribution in [2.45, 2.75) is 72.6 Å². The van der Waals surface area contributed by atoms with E-state index in [0.29, 0.717) is 6.42 Å². The minimum Gasteiger partial charge on any atom is -0.356 e. The molecular weight excluding hydrogens is 308 g/mol. The van der Waals surface area contributed by atoms with Gasteiger partial charge in [0, 0.05) is 13.0 Å². The Hall–Kier alpha value is -1.35. The Balaban J connectivity index is 3.83. The Bertz CT molecular complexity index is 455. The third-order valence-electron chi connectivity index (χ3n) is 4.09. The maximum atomic E-state index is 11.8. The largest absolute Gasteiger partial charge is 0.356 e. The van der Waals surface area contributed by atoms with Gasteiger partial charge in [-0.2, -0.15) is 0 Å². The van der Waals surface area contributed by atoms with E-state index in [9.17, 15) is 4.79 Å². The Kier molecular flexibility index (Phi) is 14.1. The lowest BCUT2D eigenvalue weighted by molar-refractivity contribution is -0.121. The van der Waals surface area contributed by atoms with Crippen LogP contribution < -0.4 is 5.32 Å². The van der Waals surface area contributed by atoms with E-state index in [1.165, 1.54) is 16.7 Å². The fourth-order valence-electron chi connectivity index (χ4n) is 2.50. The van der Waals surface area contributed by atoms with Crippen LogP contribution in [0.5, 0.6) is 0 Å². The van der Waals surface area contributed by atoms with Gasteiger partial charge in [-0.25, -0.2) is 0 Å². The summed E-state index contributed by atoms with van der Waals surface area (Å²) in [5, 5.41) is 2.99. The molecule has 0 saturated carbocycles. The van der Waals surface area contributed by atoms with Gasteiger partial charge in [0.05, 0.1) is 0 Å². The summed E-state index contributed by atoms with van der Waals surface area (Å²) >= 11 is 0. The van der Waals surface area contributed by atoms with Gasteiger partial charge < -0.3 is 10.2 Å². The molecule has 0 radical (unpaired) electrons. The van der Waals surface area contributed by atoms with Gasteiger partial charge in [0.15, 0.2) is 0 Å². The molecule has 0 spiro atoms. The number of amides is 1. The quantitative estimate of drug-likeness (QED) is 0.364. The molecule has 0 aliphatic carbocycles. The first-order chi connectivity index (χ1) is 11.8. The summed E-state index contributed by atoms with van der Waals surface area (Å²) in [5.74, 6) is 0.165. The first kappa shape index (κ1) is 23.6. The van der Waals surface area contributed by atoms with Crippen molar-refractivity contribution in [2.75, 3.05) is 27.2 Å². The van der Waals surface area contributed by atoms with Gasteiger partial charge in [0.2, 0.25) is 5.91 Å². The van der Waals surface area contributed by atoms with Gasteiger partial charge in [-0.05, 0) is 86.9 Å². The van der Waals surface area contributed by atoms with E-state index in [0.717, 1.165) is 51.6 Å². The predicted octanol–water partition coefficient (Wildman–Crippen LogP) is 5.25. The van der Waals surface area contributed by atoms with Crippen molar-refractivity contribution in [1.82, 2.24) is 10.2 Å². The van der Waals surface area contributed by atoms with Crippen LogP contribution in [0.4, 0.5) is 0 Å². The van der Waals surface area contributed by atoms with E-state index in [-0.39, 0.29) is 5.91 Å². The summed E-state index contributed by atoms with van der Waals surface area (Å²) in [6.07, 6.45) is 13.8. The maximum Gasteiger partial charge on any atom is 0.220 e. The zero-order valence-electron chi connectivity index (χ0n) is 17.5. The molecule has 0 saturated heterocycles. The third kappa shape index (κ3) is 17.3. The van der Waals surface area contributed by atoms with Crippen molar-refractivity contribution >= 4 is 5.91 Å². The molecule has 0 heterocycles. The lowest BCUT2D eigenvalue weighted by Gasteiger charge is -2.09. The smallest absolute Gasteiger partial charge is 0.220 e. The molecule has 1 amide bonds. The highest BCUT2D eigenvalue weighted by atomic mass is 16.1. The summed E-state index contributed by atoms with van der Waals surface area (Å²) in [6, 6.07) is 0. The van der Waals surface area contributed by atoms with E-state index >= 15 is 0 Å². The molecule has 1 N–H and O–H groups in total. The molecular formula is C22H40N2O. The SMILES string of the molecule is CC(C)=CCCC(C)=CCCC(C)=CCCC(=O)NCCCN(C)C. The molecule has 3 nitrogen and oxygen atoms in total. The van der Waals surface area contributed by atoms with Crippen LogP contribution in [-0.2, 0) is 4.79 Å². The lowest BCUT2D eigenvalue weighted by Crippen LogP contribution is -2.26. The van der Waals surface area contributed by atoms with E-state index in [2.05, 4.69) is 70.2 Å². The lowest BCUT2D eigenvalue weighted by atomic mass is 10.1. The number of allylic oxidation sites excluding steroid dienone is 6. The summed E-state index contributed by atoms with van der Waals surface area (Å²) in [5.41, 5.74) is 4.25. The summed E-state index contributed by atoms with van der Waals surface area (Å²) in [4.78, 5) is 13.9. The Labute approximate surface area is 156 Å². The van der Waals surface area contributed by atoms with Crippen LogP contribution in [0.25, 0.3) is 0 Å². The number of nitrogens with zero attached hydrogens (tertiary/aromatic N) is 1. The number of carbonyl (C=O) groups is 1. The second-order valence-electron chi connectivity index (χ2n) is 7.51. The van der Waals surface area contributed by atoms with Gasteiger partial charge in [-0.15, -0.1) is 0 Å². The molecule has 0 fully saturated rings. The number of carbonyl (C=O) groups excluding carboxylic acids is 1. The van der Waals surface area contributed by atoms with Gasteiger partial charge in [-0.3, -0.25) is 4.79 Å². The average Bonchev–Trinajstić information content (AvgIpc) is 2.51. The van der Waals surface area contributed by atoms with E-state index in [1.54, 1.807) is 0 Å². The highest BCUT2D eigenvalue weighted by Gasteiger charge is 1.99. The topological polar surface area (TPSA) is 32.3 Å². The Morgan fingerprint density at radius 2 is 1.36 bits per heavy atom. The number of nitrogens with one attached hydrogen (secondary N) is 1. The van der Waals surface area contributed by atoms with Crippen LogP contribution in [0.3, 0.4) is 0 Å². The van der Waals surface area contributed by atoms with Crippen LogP contribution in [0.1, 0.15) is 72.6 Å². The van der Waals surface area contributed by atoms with Gasteiger partial charge in [0.25, 0.3) is 0 Å². The van der Waals surface area contributed by atoms with Crippen molar-refractivity contribution in [3.05, 3.63) is 34.9 Å². The van der Waals surface area contributed by atoms with Gasteiger partial charge in [0.1, 0.15) is 0 Å². The number of hydrogen-bond donors (Lipinski definition) is 1. The molecule has 0 aliphatic heterocycles. The molecule has 0 aromatic carbocycles. The summed E-state index contributed by atoms with van der Waals surface area (Å²) in [7, 11) is 4.10. The van der Waals surface area contributed by atoms with Crippen LogP contribution in [0.2, 0.25) is 0 Å². The average molecular weight is 349 g/mol. The molecule has 0 aromatic rings. The van der Waals surface area contributed by atoms with Crippen molar-refractivity contribution in [3.63, 3.8) is 0 Å². The van der Waals surface area contributed by atoms with E-state index in [4.69, 9.17) is 0 Å². The number of hydrogen-bond acceptors (Lipinski definition) is 2. The van der Waals surface area contributed by atoms with Crippen LogP contribution in [-0.4, -0.2) is 38.0 Å². The summed E-state index contributed by atoms with van der Waals surface area (Å²) < 4.78 is 0. The van der Waals surface area contributed by atoms with Crippen molar-refractivity contribution in [3.8, 4) is 0 Å². The maximum absolute atomic E-state index is 11.8. The van der Waals surface area contributed by atoms with Crippen molar-refractivity contribution < 1.29 is 4.79 Å². The number of rotatable bonds is 13. The van der Waals surface area contributed by atoms with Gasteiger partial charge in [-0.1, -0.05) is 34.9 Å². The minimum atomic E-state index is 0.165. The van der Waals surface area contributed by atoms with Crippen LogP contribution in [0.15, 0.2) is 34.9 Å². The molecule has 3 heteroatoms. The Morgan fingerprint density at radius 3 is 1.88 bits per heavy atom. The normalized spacial score (nSPS) is 12.4. The fourth-order valence-corrected chi connectivity index (χ4v) is 2.50. The molecule has 0 aromatic heterocycles. The van der Waals surface area contributed by atoms with Crippen LogP contribution in [0, 0.1) is 0 Å².